The summed E-state index contributed by atoms with van der Waals surface area (Å²) in [6.07, 6.45) is -0.391. The minimum absolute atomic E-state index is 0.160. The lowest BCUT2D eigenvalue weighted by Crippen LogP contribution is -2.45. The average Bonchev–Trinajstić information content (AvgIpc) is 3.49. The summed E-state index contributed by atoms with van der Waals surface area (Å²) in [5, 5.41) is 3.41. The fraction of sp³-hybridized carbons (Fsp3) is 0.179. The van der Waals surface area contributed by atoms with Gasteiger partial charge in [0.05, 0.1) is 19.3 Å². The number of thioether (sulfide) groups is 1. The molecule has 2 aliphatic rings. The van der Waals surface area contributed by atoms with Gasteiger partial charge in [0.15, 0.2) is 5.17 Å². The molecular formula is C39H33FN2O3S. The molecule has 5 aromatic rings. The highest BCUT2D eigenvalue weighted by Gasteiger charge is 2.55. The van der Waals surface area contributed by atoms with E-state index >= 15 is 4.39 Å². The van der Waals surface area contributed by atoms with Crippen molar-refractivity contribution in [1.82, 2.24) is 5.32 Å². The minimum Gasteiger partial charge on any atom is -0.372 e. The molecular weight excluding hydrogens is 596 g/mol. The first-order valence-corrected chi connectivity index (χ1v) is 16.3. The van der Waals surface area contributed by atoms with Gasteiger partial charge < -0.3 is 14.8 Å². The number of halogens is 1. The maximum Gasteiger partial charge on any atom is 0.257 e. The molecule has 7 rings (SSSR count). The Balaban J connectivity index is 1.25. The van der Waals surface area contributed by atoms with Gasteiger partial charge in [0.1, 0.15) is 17.0 Å². The van der Waals surface area contributed by atoms with Gasteiger partial charge in [0, 0.05) is 22.8 Å². The molecule has 1 N–H and O–H groups in total. The van der Waals surface area contributed by atoms with Crippen molar-refractivity contribution in [2.45, 2.75) is 17.2 Å². The molecule has 1 saturated heterocycles. The van der Waals surface area contributed by atoms with Crippen molar-refractivity contribution < 1.29 is 18.7 Å². The standard InChI is InChI=1S/C39H33FN2O3S/c40-34-24-14-13-23-32(34)38-27-44-35(33(38)26-46-37(42-38)41-36(43)28-15-5-1-6-16-28)25-45-39(29-17-7-2-8-18-29,30-19-9-3-10-20-30)31-21-11-4-12-22-31/h1-24,33,35H,25-27H2,(H,41,42,43). The van der Waals surface area contributed by atoms with E-state index in [0.717, 1.165) is 16.7 Å². The first kappa shape index (κ1) is 30.1. The maximum absolute atomic E-state index is 15.6. The summed E-state index contributed by atoms with van der Waals surface area (Å²) in [5.74, 6) is -0.266. The SMILES string of the molecule is O=C(NC1=NC2(c3ccccc3F)COC(COC(c3ccccc3)(c3ccccc3)c3ccccc3)C2CS1)c1ccccc1. The molecule has 2 heterocycles. The largest absolute Gasteiger partial charge is 0.372 e. The molecule has 0 spiro atoms. The molecule has 5 nitrogen and oxygen atoms in total. The third-order valence-electron chi connectivity index (χ3n) is 8.88. The number of hydrogen-bond donors (Lipinski definition) is 1. The Labute approximate surface area is 272 Å². The second-order valence-electron chi connectivity index (χ2n) is 11.5. The lowest BCUT2D eigenvalue weighted by atomic mass is 9.78. The van der Waals surface area contributed by atoms with Gasteiger partial charge in [-0.2, -0.15) is 0 Å². The molecule has 5 aromatic carbocycles. The number of fused-ring (bicyclic) bond motifs is 1. The maximum atomic E-state index is 15.6. The Morgan fingerprint density at radius 1 is 0.804 bits per heavy atom. The third kappa shape index (κ3) is 5.55. The van der Waals surface area contributed by atoms with Crippen LogP contribution in [0.15, 0.2) is 151 Å². The molecule has 230 valence electrons. The zero-order chi connectivity index (χ0) is 31.4. The van der Waals surface area contributed by atoms with E-state index in [2.05, 4.69) is 41.7 Å². The van der Waals surface area contributed by atoms with E-state index in [1.165, 1.54) is 17.8 Å². The topological polar surface area (TPSA) is 59.9 Å². The normalized spacial score (nSPS) is 20.8. The van der Waals surface area contributed by atoms with Gasteiger partial charge in [-0.3, -0.25) is 4.79 Å². The zero-order valence-electron chi connectivity index (χ0n) is 25.1. The first-order chi connectivity index (χ1) is 22.6. The molecule has 7 heteroatoms. The minimum atomic E-state index is -1.03. The molecule has 2 aliphatic heterocycles. The number of nitrogens with one attached hydrogen (secondary N) is 1. The second-order valence-corrected chi connectivity index (χ2v) is 12.5. The van der Waals surface area contributed by atoms with E-state index in [-0.39, 0.29) is 30.9 Å². The third-order valence-corrected chi connectivity index (χ3v) is 9.87. The number of carbonyl (C=O) groups excluding carboxylic acids is 1. The summed E-state index contributed by atoms with van der Waals surface area (Å²) in [4.78, 5) is 18.1. The van der Waals surface area contributed by atoms with Crippen LogP contribution < -0.4 is 5.32 Å². The highest BCUT2D eigenvalue weighted by Crippen LogP contribution is 2.49. The fourth-order valence-electron chi connectivity index (χ4n) is 6.62. The Morgan fingerprint density at radius 2 is 1.33 bits per heavy atom. The van der Waals surface area contributed by atoms with Crippen molar-refractivity contribution >= 4 is 22.8 Å². The number of amides is 1. The summed E-state index contributed by atoms with van der Waals surface area (Å²) in [7, 11) is 0. The van der Waals surface area contributed by atoms with E-state index in [1.807, 2.05) is 78.9 Å². The molecule has 0 saturated carbocycles. The van der Waals surface area contributed by atoms with Crippen LogP contribution >= 0.6 is 11.8 Å². The first-order valence-electron chi connectivity index (χ1n) is 15.4. The summed E-state index contributed by atoms with van der Waals surface area (Å²) in [5.41, 5.74) is 2.01. The number of aliphatic imine (C=N–C) groups is 1. The Hall–Kier alpha value is -4.56. The van der Waals surface area contributed by atoms with Crippen LogP contribution in [0.4, 0.5) is 4.39 Å². The molecule has 0 aliphatic carbocycles. The number of carbonyl (C=O) groups is 1. The Bertz CT molecular complexity index is 1730. The lowest BCUT2D eigenvalue weighted by molar-refractivity contribution is -0.0536. The van der Waals surface area contributed by atoms with Gasteiger partial charge >= 0.3 is 0 Å². The number of ether oxygens (including phenoxy) is 2. The predicted octanol–water partition coefficient (Wildman–Crippen LogP) is 7.58. The summed E-state index contributed by atoms with van der Waals surface area (Å²) in [6.45, 7) is 0.397. The Morgan fingerprint density at radius 3 is 1.89 bits per heavy atom. The number of nitrogens with zero attached hydrogens (tertiary/aromatic N) is 1. The van der Waals surface area contributed by atoms with Gasteiger partial charge in [0.2, 0.25) is 0 Å². The van der Waals surface area contributed by atoms with Crippen molar-refractivity contribution in [3.05, 3.63) is 179 Å². The Kier molecular flexibility index (Phi) is 8.54. The van der Waals surface area contributed by atoms with E-state index in [9.17, 15) is 4.79 Å². The highest BCUT2D eigenvalue weighted by atomic mass is 32.2. The van der Waals surface area contributed by atoms with Crippen molar-refractivity contribution in [2.75, 3.05) is 19.0 Å². The van der Waals surface area contributed by atoms with Gasteiger partial charge in [0.25, 0.3) is 5.91 Å². The van der Waals surface area contributed by atoms with Crippen LogP contribution in [-0.2, 0) is 20.6 Å². The van der Waals surface area contributed by atoms with E-state index in [0.29, 0.717) is 22.0 Å². The summed E-state index contributed by atoms with van der Waals surface area (Å²) >= 11 is 1.45. The second kappa shape index (κ2) is 13.0. The molecule has 0 bridgehead atoms. The van der Waals surface area contributed by atoms with Gasteiger partial charge in [-0.05, 0) is 34.9 Å². The molecule has 0 radical (unpaired) electrons. The lowest BCUT2D eigenvalue weighted by Gasteiger charge is -2.39. The van der Waals surface area contributed by atoms with Crippen LogP contribution in [0.5, 0.6) is 0 Å². The molecule has 3 atom stereocenters. The van der Waals surface area contributed by atoms with Crippen molar-refractivity contribution in [3.63, 3.8) is 0 Å². The molecule has 1 amide bonds. The van der Waals surface area contributed by atoms with Crippen molar-refractivity contribution in [3.8, 4) is 0 Å². The van der Waals surface area contributed by atoms with Crippen LogP contribution in [0, 0.1) is 11.7 Å². The average molecular weight is 629 g/mol. The molecule has 1 fully saturated rings. The fourth-order valence-corrected chi connectivity index (χ4v) is 7.84. The summed E-state index contributed by atoms with van der Waals surface area (Å²) in [6, 6.07) is 46.3. The summed E-state index contributed by atoms with van der Waals surface area (Å²) < 4.78 is 29.2. The molecule has 46 heavy (non-hydrogen) atoms. The van der Waals surface area contributed by atoms with E-state index in [1.54, 1.807) is 24.3 Å². The van der Waals surface area contributed by atoms with E-state index in [4.69, 9.17) is 14.5 Å². The number of benzene rings is 5. The zero-order valence-corrected chi connectivity index (χ0v) is 25.9. The van der Waals surface area contributed by atoms with Crippen LogP contribution in [-0.4, -0.2) is 36.1 Å². The van der Waals surface area contributed by atoms with E-state index < -0.39 is 17.2 Å². The van der Waals surface area contributed by atoms with Crippen molar-refractivity contribution in [2.24, 2.45) is 10.9 Å². The van der Waals surface area contributed by atoms with Crippen LogP contribution in [0.1, 0.15) is 32.6 Å². The smallest absolute Gasteiger partial charge is 0.257 e. The monoisotopic (exact) mass is 628 g/mol. The number of amidine groups is 1. The van der Waals surface area contributed by atoms with Gasteiger partial charge in [-0.15, -0.1) is 0 Å². The number of hydrogen-bond acceptors (Lipinski definition) is 5. The van der Waals surface area contributed by atoms with Crippen LogP contribution in [0.3, 0.4) is 0 Å². The van der Waals surface area contributed by atoms with Crippen LogP contribution in [0.2, 0.25) is 0 Å². The van der Waals surface area contributed by atoms with Gasteiger partial charge in [-0.25, -0.2) is 9.38 Å². The molecule has 0 aromatic heterocycles. The quantitative estimate of drug-likeness (QED) is 0.180. The molecule has 3 unspecified atom stereocenters. The highest BCUT2D eigenvalue weighted by molar-refractivity contribution is 8.13. The predicted molar refractivity (Wildman–Crippen MR) is 180 cm³/mol. The van der Waals surface area contributed by atoms with Crippen LogP contribution in [0.25, 0.3) is 0 Å². The van der Waals surface area contributed by atoms with Crippen molar-refractivity contribution in [1.29, 1.82) is 0 Å². The van der Waals surface area contributed by atoms with Gasteiger partial charge in [-0.1, -0.05) is 139 Å². The number of rotatable bonds is 8.